The SMILES string of the molecule is CC(C)c1nn(C)c2sc(C(=O)Nc3ccccc3N)cc12. The first kappa shape index (κ1) is 14.6. The Morgan fingerprint density at radius 3 is 2.77 bits per heavy atom. The summed E-state index contributed by atoms with van der Waals surface area (Å²) in [7, 11) is 1.90. The van der Waals surface area contributed by atoms with E-state index in [1.54, 1.807) is 12.1 Å². The molecule has 0 saturated heterocycles. The summed E-state index contributed by atoms with van der Waals surface area (Å²) >= 11 is 1.44. The van der Waals surface area contributed by atoms with Crippen LogP contribution in [0.2, 0.25) is 0 Å². The molecule has 0 bridgehead atoms. The van der Waals surface area contributed by atoms with Gasteiger partial charge in [-0.2, -0.15) is 5.10 Å². The molecule has 3 rings (SSSR count). The topological polar surface area (TPSA) is 72.9 Å². The van der Waals surface area contributed by atoms with Gasteiger partial charge in [0.15, 0.2) is 0 Å². The molecule has 5 nitrogen and oxygen atoms in total. The van der Waals surface area contributed by atoms with Crippen molar-refractivity contribution in [2.24, 2.45) is 7.05 Å². The average molecular weight is 314 g/mol. The molecule has 3 N–H and O–H groups in total. The minimum absolute atomic E-state index is 0.145. The highest BCUT2D eigenvalue weighted by Gasteiger charge is 2.18. The molecule has 0 aliphatic carbocycles. The second-order valence-electron chi connectivity index (χ2n) is 5.53. The van der Waals surface area contributed by atoms with E-state index in [0.29, 0.717) is 22.2 Å². The van der Waals surface area contributed by atoms with Crippen molar-refractivity contribution in [1.82, 2.24) is 9.78 Å². The number of nitrogens with zero attached hydrogens (tertiary/aromatic N) is 2. The molecule has 3 aromatic rings. The molecule has 0 unspecified atom stereocenters. The highest BCUT2D eigenvalue weighted by Crippen LogP contribution is 2.32. The summed E-state index contributed by atoms with van der Waals surface area (Å²) < 4.78 is 1.84. The first-order valence-corrected chi connectivity index (χ1v) is 7.91. The Morgan fingerprint density at radius 1 is 1.36 bits per heavy atom. The highest BCUT2D eigenvalue weighted by atomic mass is 32.1. The molecule has 114 valence electrons. The fraction of sp³-hybridized carbons (Fsp3) is 0.250. The lowest BCUT2D eigenvalue weighted by atomic mass is 10.1. The van der Waals surface area contributed by atoms with Crippen LogP contribution in [0.5, 0.6) is 0 Å². The van der Waals surface area contributed by atoms with Crippen molar-refractivity contribution in [2.75, 3.05) is 11.1 Å². The Labute approximate surface area is 132 Å². The van der Waals surface area contributed by atoms with E-state index in [4.69, 9.17) is 5.73 Å². The van der Waals surface area contributed by atoms with Gasteiger partial charge in [-0.05, 0) is 24.1 Å². The summed E-state index contributed by atoms with van der Waals surface area (Å²) in [6.07, 6.45) is 0. The van der Waals surface area contributed by atoms with Crippen LogP contribution >= 0.6 is 11.3 Å². The third kappa shape index (κ3) is 2.46. The van der Waals surface area contributed by atoms with Gasteiger partial charge in [-0.3, -0.25) is 9.48 Å². The van der Waals surface area contributed by atoms with E-state index in [1.807, 2.05) is 29.9 Å². The summed E-state index contributed by atoms with van der Waals surface area (Å²) in [4.78, 5) is 14.1. The second kappa shape index (κ2) is 5.46. The third-order valence-corrected chi connectivity index (χ3v) is 4.72. The number of carbonyl (C=O) groups excluding carboxylic acids is 1. The molecule has 0 fully saturated rings. The van der Waals surface area contributed by atoms with Crippen molar-refractivity contribution in [3.8, 4) is 0 Å². The molecular weight excluding hydrogens is 296 g/mol. The van der Waals surface area contributed by atoms with Gasteiger partial charge < -0.3 is 11.1 Å². The van der Waals surface area contributed by atoms with Gasteiger partial charge in [0.1, 0.15) is 4.83 Å². The second-order valence-corrected chi connectivity index (χ2v) is 6.57. The van der Waals surface area contributed by atoms with Crippen molar-refractivity contribution in [2.45, 2.75) is 19.8 Å². The zero-order valence-corrected chi connectivity index (χ0v) is 13.6. The number of anilines is 2. The van der Waals surface area contributed by atoms with Crippen LogP contribution in [0, 0.1) is 0 Å². The molecule has 1 aromatic carbocycles. The molecule has 0 radical (unpaired) electrons. The number of fused-ring (bicyclic) bond motifs is 1. The fourth-order valence-electron chi connectivity index (χ4n) is 2.40. The maximum absolute atomic E-state index is 12.4. The lowest BCUT2D eigenvalue weighted by molar-refractivity contribution is 0.103. The number of para-hydroxylation sites is 2. The number of carbonyl (C=O) groups is 1. The minimum Gasteiger partial charge on any atom is -0.397 e. The van der Waals surface area contributed by atoms with Crippen LogP contribution in [0.3, 0.4) is 0 Å². The first-order chi connectivity index (χ1) is 10.5. The summed E-state index contributed by atoms with van der Waals surface area (Å²) in [5, 5.41) is 8.44. The number of rotatable bonds is 3. The van der Waals surface area contributed by atoms with E-state index in [-0.39, 0.29) is 5.91 Å². The third-order valence-electron chi connectivity index (χ3n) is 3.52. The average Bonchev–Trinajstić information content (AvgIpc) is 3.02. The Hall–Kier alpha value is -2.34. The van der Waals surface area contributed by atoms with Crippen LogP contribution in [0.25, 0.3) is 10.2 Å². The number of aryl methyl sites for hydroxylation is 1. The van der Waals surface area contributed by atoms with Crippen LogP contribution < -0.4 is 11.1 Å². The predicted octanol–water partition coefficient (Wildman–Crippen LogP) is 3.59. The lowest BCUT2D eigenvalue weighted by Crippen LogP contribution is -2.11. The number of nitrogens with two attached hydrogens (primary N) is 1. The summed E-state index contributed by atoms with van der Waals surface area (Å²) in [6.45, 7) is 4.20. The Balaban J connectivity index is 1.95. The van der Waals surface area contributed by atoms with Gasteiger partial charge in [0.25, 0.3) is 5.91 Å². The van der Waals surface area contributed by atoms with Crippen molar-refractivity contribution >= 4 is 38.8 Å². The van der Waals surface area contributed by atoms with Crippen molar-refractivity contribution < 1.29 is 4.79 Å². The fourth-order valence-corrected chi connectivity index (χ4v) is 3.37. The lowest BCUT2D eigenvalue weighted by Gasteiger charge is -2.06. The Bertz CT molecular complexity index is 847. The van der Waals surface area contributed by atoms with Crippen LogP contribution in [-0.4, -0.2) is 15.7 Å². The number of benzene rings is 1. The molecule has 0 atom stereocenters. The van der Waals surface area contributed by atoms with Gasteiger partial charge in [-0.1, -0.05) is 26.0 Å². The number of aromatic nitrogens is 2. The van der Waals surface area contributed by atoms with E-state index in [0.717, 1.165) is 15.9 Å². The van der Waals surface area contributed by atoms with Crippen LogP contribution in [0.4, 0.5) is 11.4 Å². The van der Waals surface area contributed by atoms with Gasteiger partial charge in [0.05, 0.1) is 21.9 Å². The summed E-state index contributed by atoms with van der Waals surface area (Å²) in [5.41, 5.74) is 8.07. The van der Waals surface area contributed by atoms with Gasteiger partial charge in [0.2, 0.25) is 0 Å². The van der Waals surface area contributed by atoms with Crippen molar-refractivity contribution in [3.05, 3.63) is 40.9 Å². The van der Waals surface area contributed by atoms with E-state index in [9.17, 15) is 4.79 Å². The zero-order valence-electron chi connectivity index (χ0n) is 12.8. The van der Waals surface area contributed by atoms with Crippen LogP contribution in [0.15, 0.2) is 30.3 Å². The van der Waals surface area contributed by atoms with Gasteiger partial charge >= 0.3 is 0 Å². The highest BCUT2D eigenvalue weighted by molar-refractivity contribution is 7.20. The van der Waals surface area contributed by atoms with Crippen LogP contribution in [-0.2, 0) is 7.05 Å². The minimum atomic E-state index is -0.145. The molecule has 2 heterocycles. The molecule has 1 amide bonds. The van der Waals surface area contributed by atoms with Gasteiger partial charge in [-0.25, -0.2) is 0 Å². The molecule has 6 heteroatoms. The van der Waals surface area contributed by atoms with E-state index >= 15 is 0 Å². The normalized spacial score (nSPS) is 11.3. The molecule has 2 aromatic heterocycles. The number of nitrogen functional groups attached to an aromatic ring is 1. The van der Waals surface area contributed by atoms with Crippen molar-refractivity contribution in [1.29, 1.82) is 0 Å². The monoisotopic (exact) mass is 314 g/mol. The predicted molar refractivity (Wildman–Crippen MR) is 91.5 cm³/mol. The standard InChI is InChI=1S/C16H18N4OS/c1-9(2)14-10-8-13(22-16(10)20(3)19-14)15(21)18-12-7-5-4-6-11(12)17/h4-9H,17H2,1-3H3,(H,18,21). The molecule has 0 aliphatic rings. The molecule has 0 spiro atoms. The van der Waals surface area contributed by atoms with E-state index < -0.39 is 0 Å². The van der Waals surface area contributed by atoms with Gasteiger partial charge in [0, 0.05) is 12.4 Å². The zero-order chi connectivity index (χ0) is 15.9. The smallest absolute Gasteiger partial charge is 0.265 e. The maximum Gasteiger partial charge on any atom is 0.265 e. The Morgan fingerprint density at radius 2 is 2.09 bits per heavy atom. The van der Waals surface area contributed by atoms with E-state index in [1.165, 1.54) is 11.3 Å². The van der Waals surface area contributed by atoms with Gasteiger partial charge in [-0.15, -0.1) is 11.3 Å². The summed E-state index contributed by atoms with van der Waals surface area (Å²) in [6, 6.07) is 9.16. The van der Waals surface area contributed by atoms with Crippen molar-refractivity contribution in [3.63, 3.8) is 0 Å². The molecule has 22 heavy (non-hydrogen) atoms. The molecule has 0 aliphatic heterocycles. The number of hydrogen-bond donors (Lipinski definition) is 2. The number of nitrogens with one attached hydrogen (secondary N) is 1. The summed E-state index contributed by atoms with van der Waals surface area (Å²) in [5.74, 6) is 0.174. The first-order valence-electron chi connectivity index (χ1n) is 7.09. The van der Waals surface area contributed by atoms with Crippen LogP contribution in [0.1, 0.15) is 35.1 Å². The Kier molecular flexibility index (Phi) is 3.62. The van der Waals surface area contributed by atoms with E-state index in [2.05, 4.69) is 24.3 Å². The quantitative estimate of drug-likeness (QED) is 0.726. The number of amides is 1. The molecular formula is C16H18N4OS. The number of thiophene rings is 1. The number of hydrogen-bond acceptors (Lipinski definition) is 4. The molecule has 0 saturated carbocycles. The largest absolute Gasteiger partial charge is 0.397 e. The maximum atomic E-state index is 12.4.